The third-order valence-corrected chi connectivity index (χ3v) is 10.8. The summed E-state index contributed by atoms with van der Waals surface area (Å²) in [6.07, 6.45) is 11.5. The zero-order valence-corrected chi connectivity index (χ0v) is 23.0. The molecule has 1 amide bonds. The van der Waals surface area contributed by atoms with E-state index in [1.165, 1.54) is 31.8 Å². The average Bonchev–Trinajstić information content (AvgIpc) is 3.15. The molecule has 3 fully saturated rings. The highest BCUT2D eigenvalue weighted by molar-refractivity contribution is 6.18. The summed E-state index contributed by atoms with van der Waals surface area (Å²) in [6, 6.07) is 0. The molecule has 4 nitrogen and oxygen atoms in total. The van der Waals surface area contributed by atoms with Crippen molar-refractivity contribution in [2.75, 3.05) is 24.8 Å². The van der Waals surface area contributed by atoms with E-state index in [9.17, 15) is 9.59 Å². The Kier molecular flexibility index (Phi) is 7.99. The third-order valence-electron chi connectivity index (χ3n) is 10.5. The second-order valence-electron chi connectivity index (χ2n) is 12.0. The molecule has 0 unspecified atom stereocenters. The molecule has 0 N–H and O–H groups in total. The number of alkyl halides is 2. The van der Waals surface area contributed by atoms with Gasteiger partial charge in [-0.3, -0.25) is 9.59 Å². The summed E-state index contributed by atoms with van der Waals surface area (Å²) < 4.78 is 5.59. The standard InChI is InChI=1S/C28H43Cl2NO3/c1-18(26(33)31(15-13-29)16-14-30)23-7-8-24-22-6-5-20-17-21(34-19(2)32)9-11-27(20,3)25(22)10-12-28(23,24)4/h5,18,21-25H,6-17H2,1-4H3/t18-,21-,22+,23-,24+,25+,27+,28-/m1/s1. The maximum atomic E-state index is 13.4. The molecule has 0 radical (unpaired) electrons. The lowest BCUT2D eigenvalue weighted by atomic mass is 9.47. The molecule has 8 atom stereocenters. The number of carbonyl (C=O) groups is 2. The zero-order valence-electron chi connectivity index (χ0n) is 21.5. The van der Waals surface area contributed by atoms with Crippen LogP contribution in [0.2, 0.25) is 0 Å². The number of rotatable bonds is 7. The van der Waals surface area contributed by atoms with Crippen LogP contribution in [-0.4, -0.2) is 47.7 Å². The van der Waals surface area contributed by atoms with Crippen molar-refractivity contribution in [1.82, 2.24) is 4.90 Å². The first kappa shape index (κ1) is 26.3. The van der Waals surface area contributed by atoms with E-state index in [4.69, 9.17) is 27.9 Å². The first-order valence-corrected chi connectivity index (χ1v) is 14.5. The van der Waals surface area contributed by atoms with Crippen molar-refractivity contribution in [3.05, 3.63) is 11.6 Å². The number of fused-ring (bicyclic) bond motifs is 5. The molecule has 0 saturated heterocycles. The van der Waals surface area contributed by atoms with E-state index < -0.39 is 0 Å². The molecule has 34 heavy (non-hydrogen) atoms. The predicted octanol–water partition coefficient (Wildman–Crippen LogP) is 6.44. The Balaban J connectivity index is 1.51. The van der Waals surface area contributed by atoms with Gasteiger partial charge in [-0.2, -0.15) is 0 Å². The van der Waals surface area contributed by atoms with E-state index in [1.54, 1.807) is 0 Å². The number of nitrogens with zero attached hydrogens (tertiary/aromatic N) is 1. The Morgan fingerprint density at radius 1 is 1.09 bits per heavy atom. The van der Waals surface area contributed by atoms with Crippen LogP contribution in [0.4, 0.5) is 0 Å². The summed E-state index contributed by atoms with van der Waals surface area (Å²) in [5, 5.41) is 0. The monoisotopic (exact) mass is 511 g/mol. The predicted molar refractivity (Wildman–Crippen MR) is 138 cm³/mol. The minimum atomic E-state index is -0.160. The van der Waals surface area contributed by atoms with Crippen LogP contribution < -0.4 is 0 Å². The second kappa shape index (κ2) is 10.3. The fourth-order valence-electron chi connectivity index (χ4n) is 8.82. The van der Waals surface area contributed by atoms with Gasteiger partial charge in [-0.15, -0.1) is 23.2 Å². The summed E-state index contributed by atoms with van der Waals surface area (Å²) in [6.45, 7) is 9.80. The van der Waals surface area contributed by atoms with Gasteiger partial charge in [-0.05, 0) is 79.4 Å². The number of ether oxygens (including phenoxy) is 1. The second-order valence-corrected chi connectivity index (χ2v) is 12.7. The van der Waals surface area contributed by atoms with Crippen LogP contribution in [0, 0.1) is 40.4 Å². The van der Waals surface area contributed by atoms with Crippen LogP contribution in [0.25, 0.3) is 0 Å². The fraction of sp³-hybridized carbons (Fsp3) is 0.857. The number of esters is 1. The van der Waals surface area contributed by atoms with Gasteiger partial charge < -0.3 is 9.64 Å². The number of allylic oxidation sites excluding steroid dienone is 1. The molecule has 0 aromatic carbocycles. The number of carbonyl (C=O) groups excluding carboxylic acids is 2. The molecule has 0 heterocycles. The summed E-state index contributed by atoms with van der Waals surface area (Å²) in [4.78, 5) is 26.8. The van der Waals surface area contributed by atoms with Crippen molar-refractivity contribution in [1.29, 1.82) is 0 Å². The van der Waals surface area contributed by atoms with Crippen LogP contribution in [-0.2, 0) is 14.3 Å². The van der Waals surface area contributed by atoms with Crippen molar-refractivity contribution >= 4 is 35.1 Å². The van der Waals surface area contributed by atoms with Crippen LogP contribution in [0.5, 0.6) is 0 Å². The van der Waals surface area contributed by atoms with Gasteiger partial charge in [0.05, 0.1) is 0 Å². The van der Waals surface area contributed by atoms with Crippen molar-refractivity contribution in [2.24, 2.45) is 40.4 Å². The van der Waals surface area contributed by atoms with E-state index in [0.29, 0.717) is 48.5 Å². The molecule has 0 aliphatic heterocycles. The number of amides is 1. The molecule has 4 aliphatic rings. The first-order chi connectivity index (χ1) is 16.2. The smallest absolute Gasteiger partial charge is 0.302 e. The summed E-state index contributed by atoms with van der Waals surface area (Å²) in [5.74, 6) is 3.51. The number of hydrogen-bond acceptors (Lipinski definition) is 3. The lowest BCUT2D eigenvalue weighted by Gasteiger charge is -2.58. The van der Waals surface area contributed by atoms with Gasteiger partial charge in [0.25, 0.3) is 0 Å². The Labute approximate surface area is 216 Å². The van der Waals surface area contributed by atoms with Gasteiger partial charge in [0.15, 0.2) is 0 Å². The molecule has 4 aliphatic carbocycles. The zero-order chi connectivity index (χ0) is 24.7. The van der Waals surface area contributed by atoms with Gasteiger partial charge in [-0.1, -0.05) is 32.4 Å². The van der Waals surface area contributed by atoms with Crippen LogP contribution in [0.3, 0.4) is 0 Å². The minimum absolute atomic E-state index is 0.0161. The highest BCUT2D eigenvalue weighted by Gasteiger charge is 2.60. The Morgan fingerprint density at radius 3 is 2.44 bits per heavy atom. The molecular weight excluding hydrogens is 469 g/mol. The fourth-order valence-corrected chi connectivity index (χ4v) is 9.23. The van der Waals surface area contributed by atoms with Crippen molar-refractivity contribution in [3.63, 3.8) is 0 Å². The molecule has 6 heteroatoms. The largest absolute Gasteiger partial charge is 0.462 e. The van der Waals surface area contributed by atoms with E-state index in [0.717, 1.165) is 32.1 Å². The van der Waals surface area contributed by atoms with Crippen molar-refractivity contribution in [2.45, 2.75) is 85.2 Å². The van der Waals surface area contributed by atoms with Gasteiger partial charge >= 0.3 is 5.97 Å². The lowest BCUT2D eigenvalue weighted by molar-refractivity contribution is -0.148. The van der Waals surface area contributed by atoms with E-state index in [2.05, 4.69) is 26.8 Å². The van der Waals surface area contributed by atoms with Crippen molar-refractivity contribution < 1.29 is 14.3 Å². The van der Waals surface area contributed by atoms with E-state index in [1.807, 2.05) is 4.90 Å². The van der Waals surface area contributed by atoms with Crippen LogP contribution in [0.1, 0.15) is 79.1 Å². The van der Waals surface area contributed by atoms with Gasteiger partial charge in [0, 0.05) is 44.1 Å². The Bertz CT molecular complexity index is 809. The normalized spacial score (nSPS) is 39.8. The van der Waals surface area contributed by atoms with E-state index >= 15 is 0 Å². The molecule has 3 saturated carbocycles. The summed E-state index contributed by atoms with van der Waals surface area (Å²) >= 11 is 12.0. The van der Waals surface area contributed by atoms with E-state index in [-0.39, 0.29) is 34.7 Å². The average molecular weight is 513 g/mol. The van der Waals surface area contributed by atoms with Gasteiger partial charge in [0.2, 0.25) is 5.91 Å². The highest BCUT2D eigenvalue weighted by Crippen LogP contribution is 2.67. The van der Waals surface area contributed by atoms with Gasteiger partial charge in [-0.25, -0.2) is 0 Å². The minimum Gasteiger partial charge on any atom is -0.462 e. The summed E-state index contributed by atoms with van der Waals surface area (Å²) in [7, 11) is 0. The third kappa shape index (κ3) is 4.56. The molecule has 0 spiro atoms. The Morgan fingerprint density at radius 2 is 1.79 bits per heavy atom. The topological polar surface area (TPSA) is 46.6 Å². The molecule has 0 bridgehead atoms. The molecule has 0 aromatic heterocycles. The van der Waals surface area contributed by atoms with Crippen molar-refractivity contribution in [3.8, 4) is 0 Å². The highest BCUT2D eigenvalue weighted by atomic mass is 35.5. The van der Waals surface area contributed by atoms with Crippen LogP contribution >= 0.6 is 23.2 Å². The van der Waals surface area contributed by atoms with Crippen LogP contribution in [0.15, 0.2) is 11.6 Å². The summed E-state index contributed by atoms with van der Waals surface area (Å²) in [5.41, 5.74) is 1.99. The van der Waals surface area contributed by atoms with Gasteiger partial charge in [0.1, 0.15) is 6.10 Å². The molecule has 192 valence electrons. The number of hydrogen-bond donors (Lipinski definition) is 0. The molecule has 4 rings (SSSR count). The number of halogens is 2. The lowest BCUT2D eigenvalue weighted by Crippen LogP contribution is -2.52. The Hall–Kier alpha value is -0.740. The quantitative estimate of drug-likeness (QED) is 0.224. The maximum absolute atomic E-state index is 13.4. The molecule has 0 aromatic rings. The molecular formula is C28H43Cl2NO3. The maximum Gasteiger partial charge on any atom is 0.302 e. The SMILES string of the molecule is CC(=O)O[C@@H]1CC[C@@]2(C)C(=CC[C@H]3[C@@H]4CC[C@H]([C@@H](C)C(=O)N(CCCl)CCCl)[C@@]4(C)CC[C@@H]32)C1. The first-order valence-electron chi connectivity index (χ1n) is 13.4.